The van der Waals surface area contributed by atoms with E-state index in [-0.39, 0.29) is 0 Å². The van der Waals surface area contributed by atoms with Crippen LogP contribution in [0, 0.1) is 11.8 Å². The highest BCUT2D eigenvalue weighted by Gasteiger charge is 2.17. The molecule has 1 saturated heterocycles. The van der Waals surface area contributed by atoms with Crippen LogP contribution in [-0.2, 0) is 0 Å². The van der Waals surface area contributed by atoms with E-state index in [1.54, 1.807) is 0 Å². The van der Waals surface area contributed by atoms with Crippen LogP contribution in [0.1, 0.15) is 45.1 Å². The molecule has 0 aliphatic carbocycles. The second-order valence-electron chi connectivity index (χ2n) is 6.66. The van der Waals surface area contributed by atoms with E-state index < -0.39 is 0 Å². The normalized spacial score (nSPS) is 19.2. The molecule has 1 heterocycles. The Kier molecular flexibility index (Phi) is 5.47. The monoisotopic (exact) mass is 275 g/mol. The number of ether oxygens (including phenoxy) is 1. The highest BCUT2D eigenvalue weighted by Crippen LogP contribution is 2.26. The van der Waals surface area contributed by atoms with E-state index in [1.165, 1.54) is 31.5 Å². The fourth-order valence-corrected chi connectivity index (χ4v) is 2.70. The first-order chi connectivity index (χ1) is 9.56. The maximum Gasteiger partial charge on any atom is 0.119 e. The van der Waals surface area contributed by atoms with E-state index >= 15 is 0 Å². The standard InChI is InChI=1S/C18H29NO/c1-14(2)15(3)17-5-7-18(8-6-17)20-13-16-9-11-19(4)12-10-16/h5-8,14-16H,9-13H2,1-4H3. The van der Waals surface area contributed by atoms with Crippen LogP contribution in [0.25, 0.3) is 0 Å². The van der Waals surface area contributed by atoms with Gasteiger partial charge in [0.05, 0.1) is 6.61 Å². The highest BCUT2D eigenvalue weighted by atomic mass is 16.5. The molecule has 1 aliphatic heterocycles. The van der Waals surface area contributed by atoms with Gasteiger partial charge >= 0.3 is 0 Å². The smallest absolute Gasteiger partial charge is 0.119 e. The maximum absolute atomic E-state index is 5.96. The highest BCUT2D eigenvalue weighted by molar-refractivity contribution is 5.29. The van der Waals surface area contributed by atoms with Crippen molar-refractivity contribution < 1.29 is 4.74 Å². The van der Waals surface area contributed by atoms with Crippen molar-refractivity contribution in [2.45, 2.75) is 39.5 Å². The fraction of sp³-hybridized carbons (Fsp3) is 0.667. The maximum atomic E-state index is 5.96. The number of rotatable bonds is 5. The number of piperidine rings is 1. The van der Waals surface area contributed by atoms with Gasteiger partial charge in [-0.2, -0.15) is 0 Å². The molecule has 1 aliphatic rings. The topological polar surface area (TPSA) is 12.5 Å². The molecule has 0 bridgehead atoms. The number of benzene rings is 1. The Bertz CT molecular complexity index is 390. The molecule has 0 radical (unpaired) electrons. The average Bonchev–Trinajstić information content (AvgIpc) is 2.46. The van der Waals surface area contributed by atoms with Crippen LogP contribution >= 0.6 is 0 Å². The molecule has 2 heteroatoms. The summed E-state index contributed by atoms with van der Waals surface area (Å²) in [6, 6.07) is 8.69. The minimum absolute atomic E-state index is 0.609. The van der Waals surface area contributed by atoms with Gasteiger partial charge < -0.3 is 9.64 Å². The number of nitrogens with zero attached hydrogens (tertiary/aromatic N) is 1. The summed E-state index contributed by atoms with van der Waals surface area (Å²) >= 11 is 0. The second kappa shape index (κ2) is 7.12. The lowest BCUT2D eigenvalue weighted by Crippen LogP contribution is -2.32. The van der Waals surface area contributed by atoms with Crippen molar-refractivity contribution in [3.8, 4) is 5.75 Å². The zero-order chi connectivity index (χ0) is 14.5. The SMILES string of the molecule is CC(C)C(C)c1ccc(OCC2CCN(C)CC2)cc1. The van der Waals surface area contributed by atoms with Crippen molar-refractivity contribution >= 4 is 0 Å². The second-order valence-corrected chi connectivity index (χ2v) is 6.66. The molecular formula is C18H29NO. The number of likely N-dealkylation sites (tertiary alicyclic amines) is 1. The molecule has 0 aromatic heterocycles. The molecule has 112 valence electrons. The van der Waals surface area contributed by atoms with Crippen LogP contribution in [0.15, 0.2) is 24.3 Å². The average molecular weight is 275 g/mol. The molecule has 1 atom stereocenters. The predicted molar refractivity (Wildman–Crippen MR) is 85.4 cm³/mol. The van der Waals surface area contributed by atoms with E-state index in [0.29, 0.717) is 11.8 Å². The first kappa shape index (κ1) is 15.4. The third kappa shape index (κ3) is 4.24. The van der Waals surface area contributed by atoms with Crippen LogP contribution in [0.4, 0.5) is 0 Å². The summed E-state index contributed by atoms with van der Waals surface area (Å²) in [5.74, 6) is 3.03. The fourth-order valence-electron chi connectivity index (χ4n) is 2.70. The minimum Gasteiger partial charge on any atom is -0.493 e. The zero-order valence-electron chi connectivity index (χ0n) is 13.4. The van der Waals surface area contributed by atoms with Gasteiger partial charge in [0.1, 0.15) is 5.75 Å². The molecule has 0 spiro atoms. The van der Waals surface area contributed by atoms with Crippen LogP contribution < -0.4 is 4.74 Å². The molecule has 1 unspecified atom stereocenters. The van der Waals surface area contributed by atoms with E-state index in [2.05, 4.69) is 57.0 Å². The van der Waals surface area contributed by atoms with Gasteiger partial charge in [-0.05, 0) is 68.4 Å². The van der Waals surface area contributed by atoms with Crippen molar-refractivity contribution in [3.63, 3.8) is 0 Å². The summed E-state index contributed by atoms with van der Waals surface area (Å²) in [4.78, 5) is 2.40. The molecule has 1 aromatic carbocycles. The Balaban J connectivity index is 1.82. The van der Waals surface area contributed by atoms with Crippen molar-refractivity contribution in [1.29, 1.82) is 0 Å². The third-order valence-electron chi connectivity index (χ3n) is 4.73. The number of hydrogen-bond acceptors (Lipinski definition) is 2. The van der Waals surface area contributed by atoms with Gasteiger partial charge in [0, 0.05) is 0 Å². The largest absolute Gasteiger partial charge is 0.493 e. The van der Waals surface area contributed by atoms with Crippen LogP contribution in [0.2, 0.25) is 0 Å². The Labute approximate surface area is 124 Å². The molecule has 2 rings (SSSR count). The summed E-state index contributed by atoms with van der Waals surface area (Å²) in [7, 11) is 2.20. The minimum atomic E-state index is 0.609. The van der Waals surface area contributed by atoms with Gasteiger partial charge in [0.15, 0.2) is 0 Å². The first-order valence-electron chi connectivity index (χ1n) is 7.97. The van der Waals surface area contributed by atoms with Crippen LogP contribution in [-0.4, -0.2) is 31.6 Å². The molecule has 1 fully saturated rings. The Morgan fingerprint density at radius 3 is 2.25 bits per heavy atom. The molecule has 0 N–H and O–H groups in total. The Morgan fingerprint density at radius 1 is 1.10 bits per heavy atom. The molecule has 1 aromatic rings. The van der Waals surface area contributed by atoms with E-state index in [1.807, 2.05) is 0 Å². The lowest BCUT2D eigenvalue weighted by molar-refractivity contribution is 0.160. The van der Waals surface area contributed by atoms with Crippen molar-refractivity contribution in [2.24, 2.45) is 11.8 Å². The van der Waals surface area contributed by atoms with Gasteiger partial charge in [-0.25, -0.2) is 0 Å². The number of hydrogen-bond donors (Lipinski definition) is 0. The summed E-state index contributed by atoms with van der Waals surface area (Å²) in [5.41, 5.74) is 1.41. The summed E-state index contributed by atoms with van der Waals surface area (Å²) < 4.78 is 5.96. The quantitative estimate of drug-likeness (QED) is 0.800. The zero-order valence-corrected chi connectivity index (χ0v) is 13.4. The molecule has 0 saturated carbocycles. The van der Waals surface area contributed by atoms with Crippen molar-refractivity contribution in [1.82, 2.24) is 4.90 Å². The van der Waals surface area contributed by atoms with Crippen molar-refractivity contribution in [3.05, 3.63) is 29.8 Å². The Morgan fingerprint density at radius 2 is 1.70 bits per heavy atom. The van der Waals surface area contributed by atoms with Gasteiger partial charge in [0.2, 0.25) is 0 Å². The van der Waals surface area contributed by atoms with Gasteiger partial charge in [0.25, 0.3) is 0 Å². The Hall–Kier alpha value is -1.02. The van der Waals surface area contributed by atoms with E-state index in [0.717, 1.165) is 18.3 Å². The summed E-state index contributed by atoms with van der Waals surface area (Å²) in [6.07, 6.45) is 2.53. The van der Waals surface area contributed by atoms with Crippen LogP contribution in [0.5, 0.6) is 5.75 Å². The molecule has 2 nitrogen and oxygen atoms in total. The summed E-state index contributed by atoms with van der Waals surface area (Å²) in [6.45, 7) is 10.1. The molecule has 0 amide bonds. The third-order valence-corrected chi connectivity index (χ3v) is 4.73. The lowest BCUT2D eigenvalue weighted by atomic mass is 9.90. The van der Waals surface area contributed by atoms with Gasteiger partial charge in [-0.1, -0.05) is 32.9 Å². The molecular weight excluding hydrogens is 246 g/mol. The van der Waals surface area contributed by atoms with Gasteiger partial charge in [-0.3, -0.25) is 0 Å². The lowest BCUT2D eigenvalue weighted by Gasteiger charge is -2.28. The van der Waals surface area contributed by atoms with Crippen LogP contribution in [0.3, 0.4) is 0 Å². The van der Waals surface area contributed by atoms with Crippen molar-refractivity contribution in [2.75, 3.05) is 26.7 Å². The van der Waals surface area contributed by atoms with Gasteiger partial charge in [-0.15, -0.1) is 0 Å². The van der Waals surface area contributed by atoms with E-state index in [4.69, 9.17) is 4.74 Å². The molecule has 20 heavy (non-hydrogen) atoms. The first-order valence-corrected chi connectivity index (χ1v) is 7.97. The van der Waals surface area contributed by atoms with E-state index in [9.17, 15) is 0 Å². The predicted octanol–water partition coefficient (Wildman–Crippen LogP) is 4.17. The summed E-state index contributed by atoms with van der Waals surface area (Å²) in [5, 5.41) is 0.